The average Bonchev–Trinajstić information content (AvgIpc) is 2.65. The summed E-state index contributed by atoms with van der Waals surface area (Å²) in [5, 5.41) is 20.3. The van der Waals surface area contributed by atoms with E-state index in [0.29, 0.717) is 11.6 Å². The Kier molecular flexibility index (Phi) is 6.10. The van der Waals surface area contributed by atoms with Crippen molar-refractivity contribution in [3.05, 3.63) is 33.9 Å². The average molecular weight is 356 g/mol. The molecule has 2 fully saturated rings. The Morgan fingerprint density at radius 1 is 1.12 bits per heavy atom. The zero-order valence-corrected chi connectivity index (χ0v) is 15.6. The van der Waals surface area contributed by atoms with Crippen molar-refractivity contribution in [1.82, 2.24) is 4.90 Å². The Morgan fingerprint density at radius 3 is 2.58 bits per heavy atom. The van der Waals surface area contributed by atoms with Crippen LogP contribution in [0.25, 0.3) is 0 Å². The van der Waals surface area contributed by atoms with Crippen LogP contribution in [0.4, 0.5) is 11.4 Å². The molecule has 1 unspecified atom stereocenters. The van der Waals surface area contributed by atoms with Gasteiger partial charge in [-0.25, -0.2) is 0 Å². The third-order valence-electron chi connectivity index (χ3n) is 5.93. The Labute approximate surface area is 155 Å². The van der Waals surface area contributed by atoms with Gasteiger partial charge in [0.1, 0.15) is 6.07 Å². The van der Waals surface area contributed by atoms with Crippen LogP contribution < -0.4 is 4.90 Å². The molecular formula is C20H28N4O2. The maximum atomic E-state index is 10.9. The second kappa shape index (κ2) is 8.50. The predicted octanol–water partition coefficient (Wildman–Crippen LogP) is 3.95. The van der Waals surface area contributed by atoms with Crippen molar-refractivity contribution in [2.45, 2.75) is 51.5 Å². The summed E-state index contributed by atoms with van der Waals surface area (Å²) in [5.41, 5.74) is 1.21. The van der Waals surface area contributed by atoms with Gasteiger partial charge in [-0.3, -0.25) is 10.1 Å². The molecule has 2 saturated heterocycles. The topological polar surface area (TPSA) is 73.4 Å². The molecule has 0 radical (unpaired) electrons. The van der Waals surface area contributed by atoms with Gasteiger partial charge >= 0.3 is 0 Å². The zero-order valence-electron chi connectivity index (χ0n) is 15.6. The molecule has 6 heteroatoms. The third-order valence-corrected chi connectivity index (χ3v) is 5.93. The molecule has 2 heterocycles. The number of hydrogen-bond donors (Lipinski definition) is 0. The van der Waals surface area contributed by atoms with Crippen LogP contribution in [-0.2, 0) is 0 Å². The van der Waals surface area contributed by atoms with Crippen molar-refractivity contribution in [2.24, 2.45) is 5.92 Å². The molecule has 0 saturated carbocycles. The Bertz CT molecular complexity index is 677. The fourth-order valence-corrected chi connectivity index (χ4v) is 4.29. The SMILES string of the molecule is CC1CCCCN(C2CCN(c3ccc([N+](=O)[O-])cc3C#N)CC2)CC1. The van der Waals surface area contributed by atoms with E-state index >= 15 is 0 Å². The van der Waals surface area contributed by atoms with Crippen molar-refractivity contribution < 1.29 is 4.92 Å². The maximum absolute atomic E-state index is 10.9. The van der Waals surface area contributed by atoms with Gasteiger partial charge in [0.15, 0.2) is 0 Å². The number of nitro groups is 1. The van der Waals surface area contributed by atoms with Crippen molar-refractivity contribution in [3.63, 3.8) is 0 Å². The molecule has 1 atom stereocenters. The first-order valence-electron chi connectivity index (χ1n) is 9.76. The Hall–Kier alpha value is -2.13. The van der Waals surface area contributed by atoms with E-state index in [-0.39, 0.29) is 5.69 Å². The molecular weight excluding hydrogens is 328 g/mol. The zero-order chi connectivity index (χ0) is 18.5. The van der Waals surface area contributed by atoms with E-state index in [4.69, 9.17) is 0 Å². The lowest BCUT2D eigenvalue weighted by Gasteiger charge is -2.40. The fraction of sp³-hybridized carbons (Fsp3) is 0.650. The van der Waals surface area contributed by atoms with E-state index < -0.39 is 4.92 Å². The standard InChI is InChI=1S/C20H28N4O2/c1-16-4-2-3-10-22(11-7-16)18-8-12-23(13-9-18)20-6-5-19(24(25)26)14-17(20)15-21/h5-6,14,16,18H,2-4,7-13H2,1H3. The molecule has 1 aromatic carbocycles. The first-order valence-corrected chi connectivity index (χ1v) is 9.76. The van der Waals surface area contributed by atoms with Gasteiger partial charge < -0.3 is 9.80 Å². The minimum Gasteiger partial charge on any atom is -0.370 e. The lowest BCUT2D eigenvalue weighted by molar-refractivity contribution is -0.384. The Balaban J connectivity index is 1.63. The van der Waals surface area contributed by atoms with Gasteiger partial charge in [0.2, 0.25) is 0 Å². The Morgan fingerprint density at radius 2 is 1.88 bits per heavy atom. The highest BCUT2D eigenvalue weighted by molar-refractivity contribution is 5.63. The van der Waals surface area contributed by atoms with E-state index in [1.807, 2.05) is 0 Å². The van der Waals surface area contributed by atoms with Gasteiger partial charge in [0.25, 0.3) is 5.69 Å². The molecule has 0 aliphatic carbocycles. The highest BCUT2D eigenvalue weighted by Gasteiger charge is 2.27. The third kappa shape index (κ3) is 4.34. The van der Waals surface area contributed by atoms with Crippen molar-refractivity contribution in [1.29, 1.82) is 5.26 Å². The monoisotopic (exact) mass is 356 g/mol. The van der Waals surface area contributed by atoms with Gasteiger partial charge in [-0.2, -0.15) is 5.26 Å². The number of anilines is 1. The molecule has 0 spiro atoms. The van der Waals surface area contributed by atoms with Crippen molar-refractivity contribution in [2.75, 3.05) is 31.1 Å². The van der Waals surface area contributed by atoms with Crippen LogP contribution in [0.15, 0.2) is 18.2 Å². The van der Waals surface area contributed by atoms with Gasteiger partial charge in [0.05, 0.1) is 16.2 Å². The van der Waals surface area contributed by atoms with Crippen LogP contribution in [0.1, 0.15) is 51.0 Å². The number of nitriles is 1. The van der Waals surface area contributed by atoms with Crippen molar-refractivity contribution >= 4 is 11.4 Å². The number of hydrogen-bond acceptors (Lipinski definition) is 5. The molecule has 0 N–H and O–H groups in total. The number of likely N-dealkylation sites (tertiary alicyclic amines) is 1. The number of benzene rings is 1. The molecule has 1 aromatic rings. The van der Waals surface area contributed by atoms with Gasteiger partial charge in [-0.15, -0.1) is 0 Å². The van der Waals surface area contributed by atoms with Crippen LogP contribution >= 0.6 is 0 Å². The molecule has 6 nitrogen and oxygen atoms in total. The largest absolute Gasteiger partial charge is 0.370 e. The van der Waals surface area contributed by atoms with Crippen LogP contribution in [0.3, 0.4) is 0 Å². The first-order chi connectivity index (χ1) is 12.6. The minimum atomic E-state index is -0.445. The quantitative estimate of drug-likeness (QED) is 0.606. The number of nitrogens with zero attached hydrogens (tertiary/aromatic N) is 4. The summed E-state index contributed by atoms with van der Waals surface area (Å²) in [7, 11) is 0. The number of nitro benzene ring substituents is 1. The van der Waals surface area contributed by atoms with E-state index in [9.17, 15) is 15.4 Å². The van der Waals surface area contributed by atoms with Gasteiger partial charge in [0, 0.05) is 31.3 Å². The summed E-state index contributed by atoms with van der Waals surface area (Å²) in [6.45, 7) is 6.59. The molecule has 2 aliphatic rings. The first kappa shape index (κ1) is 18.7. The lowest BCUT2D eigenvalue weighted by atomic mass is 9.95. The summed E-state index contributed by atoms with van der Waals surface area (Å²) >= 11 is 0. The maximum Gasteiger partial charge on any atom is 0.270 e. The second-order valence-corrected chi connectivity index (χ2v) is 7.71. The summed E-state index contributed by atoms with van der Waals surface area (Å²) < 4.78 is 0. The van der Waals surface area contributed by atoms with Crippen LogP contribution in [0.5, 0.6) is 0 Å². The summed E-state index contributed by atoms with van der Waals surface area (Å²) in [6, 6.07) is 7.37. The molecule has 3 rings (SSSR count). The highest BCUT2D eigenvalue weighted by atomic mass is 16.6. The number of rotatable bonds is 3. The number of piperidine rings is 1. The van der Waals surface area contributed by atoms with Crippen LogP contribution in [-0.4, -0.2) is 42.0 Å². The number of non-ortho nitro benzene ring substituents is 1. The van der Waals surface area contributed by atoms with E-state index in [1.54, 1.807) is 6.07 Å². The summed E-state index contributed by atoms with van der Waals surface area (Å²) in [6.07, 6.45) is 7.48. The van der Waals surface area contributed by atoms with Gasteiger partial charge in [-0.05, 0) is 50.8 Å². The summed E-state index contributed by atoms with van der Waals surface area (Å²) in [4.78, 5) is 15.4. The van der Waals surface area contributed by atoms with Crippen LogP contribution in [0.2, 0.25) is 0 Å². The minimum absolute atomic E-state index is 0.0186. The van der Waals surface area contributed by atoms with Crippen LogP contribution in [0, 0.1) is 27.4 Å². The van der Waals surface area contributed by atoms with Crippen molar-refractivity contribution in [3.8, 4) is 6.07 Å². The van der Waals surface area contributed by atoms with E-state index in [2.05, 4.69) is 22.8 Å². The molecule has 2 aliphatic heterocycles. The lowest BCUT2D eigenvalue weighted by Crippen LogP contribution is -2.46. The normalized spacial score (nSPS) is 23.1. The van der Waals surface area contributed by atoms with E-state index in [0.717, 1.165) is 37.5 Å². The van der Waals surface area contributed by atoms with E-state index in [1.165, 1.54) is 50.9 Å². The van der Waals surface area contributed by atoms with Gasteiger partial charge in [-0.1, -0.05) is 19.8 Å². The fourth-order valence-electron chi connectivity index (χ4n) is 4.29. The smallest absolute Gasteiger partial charge is 0.270 e. The summed E-state index contributed by atoms with van der Waals surface area (Å²) in [5.74, 6) is 0.830. The molecule has 26 heavy (non-hydrogen) atoms. The molecule has 0 bridgehead atoms. The second-order valence-electron chi connectivity index (χ2n) is 7.71. The highest BCUT2D eigenvalue weighted by Crippen LogP contribution is 2.29. The molecule has 0 amide bonds. The molecule has 0 aromatic heterocycles. The molecule has 140 valence electrons. The predicted molar refractivity (Wildman–Crippen MR) is 102 cm³/mol.